The number of rotatable bonds is 19. The zero-order chi connectivity index (χ0) is 29.0. The summed E-state index contributed by atoms with van der Waals surface area (Å²) in [6.45, 7) is 23.1. The molecule has 0 N–H and O–H groups in total. The van der Waals surface area contributed by atoms with Gasteiger partial charge in [-0.3, -0.25) is 4.79 Å². The van der Waals surface area contributed by atoms with E-state index in [1.807, 2.05) is 0 Å². The third-order valence-corrected chi connectivity index (χ3v) is 10.1. The van der Waals surface area contributed by atoms with Crippen molar-refractivity contribution in [2.75, 3.05) is 7.11 Å². The van der Waals surface area contributed by atoms with E-state index in [2.05, 4.69) is 78.0 Å². The minimum atomic E-state index is -1.70. The van der Waals surface area contributed by atoms with E-state index < -0.39 is 25.0 Å². The molecule has 1 rings (SSSR count). The van der Waals surface area contributed by atoms with Gasteiger partial charge in [-0.2, -0.15) is 0 Å². The molecule has 5 unspecified atom stereocenters. The van der Waals surface area contributed by atoms with Crippen molar-refractivity contribution in [1.82, 2.24) is 0 Å². The first-order valence-electron chi connectivity index (χ1n) is 15.3. The first-order chi connectivity index (χ1) is 17.5. The summed E-state index contributed by atoms with van der Waals surface area (Å²) >= 11 is 0. The molecule has 0 aromatic carbocycles. The fourth-order valence-electron chi connectivity index (χ4n) is 5.64. The molecule has 1 aliphatic carbocycles. The van der Waals surface area contributed by atoms with E-state index >= 15 is 0 Å². The molecule has 0 saturated heterocycles. The molecule has 38 heavy (non-hydrogen) atoms. The van der Waals surface area contributed by atoms with Crippen LogP contribution in [0.3, 0.4) is 0 Å². The SMILES string of the molecule is CCCCCC(CCC1C(O[Si](C)(C)C)CC(O[Si](C)(C)C)C1C/C=C/CCCC(=O)OC)O[Si](C)(C)C. The summed E-state index contributed by atoms with van der Waals surface area (Å²) in [5.41, 5.74) is 0. The normalized spacial score (nSPS) is 23.8. The maximum absolute atomic E-state index is 11.4. The van der Waals surface area contributed by atoms with Gasteiger partial charge in [0.2, 0.25) is 0 Å². The molecule has 0 bridgehead atoms. The first-order valence-corrected chi connectivity index (χ1v) is 25.5. The van der Waals surface area contributed by atoms with Gasteiger partial charge in [0.1, 0.15) is 0 Å². The molecule has 1 aliphatic rings. The summed E-state index contributed by atoms with van der Waals surface area (Å²) in [5.74, 6) is 0.822. The van der Waals surface area contributed by atoms with Gasteiger partial charge in [-0.15, -0.1) is 0 Å². The molecular weight excluding hydrogens is 525 g/mol. The minimum absolute atomic E-state index is 0.127. The predicted molar refractivity (Wildman–Crippen MR) is 169 cm³/mol. The highest BCUT2D eigenvalue weighted by Gasteiger charge is 2.46. The topological polar surface area (TPSA) is 54.0 Å². The lowest BCUT2D eigenvalue weighted by molar-refractivity contribution is -0.140. The Hall–Kier alpha value is -0.259. The van der Waals surface area contributed by atoms with Crippen molar-refractivity contribution in [1.29, 1.82) is 0 Å². The summed E-state index contributed by atoms with van der Waals surface area (Å²) in [4.78, 5) is 11.4. The number of carbonyl (C=O) groups is 1. The molecule has 0 aromatic rings. The van der Waals surface area contributed by atoms with Crippen molar-refractivity contribution in [3.63, 3.8) is 0 Å². The van der Waals surface area contributed by atoms with Crippen LogP contribution >= 0.6 is 0 Å². The van der Waals surface area contributed by atoms with Crippen LogP contribution in [0.2, 0.25) is 58.9 Å². The van der Waals surface area contributed by atoms with Crippen LogP contribution in [0.5, 0.6) is 0 Å². The monoisotopic (exact) mass is 586 g/mol. The second-order valence-corrected chi connectivity index (χ2v) is 27.6. The van der Waals surface area contributed by atoms with E-state index in [4.69, 9.17) is 18.0 Å². The Labute approximate surface area is 239 Å². The molecule has 0 spiro atoms. The summed E-state index contributed by atoms with van der Waals surface area (Å²) in [6, 6.07) is 0. The highest BCUT2D eigenvalue weighted by atomic mass is 28.4. The summed E-state index contributed by atoms with van der Waals surface area (Å²) in [5, 5.41) is 0. The van der Waals surface area contributed by atoms with E-state index in [0.29, 0.717) is 24.4 Å². The maximum atomic E-state index is 11.4. The third kappa shape index (κ3) is 16.1. The number of carbonyl (C=O) groups excluding carboxylic acids is 1. The van der Waals surface area contributed by atoms with Crippen LogP contribution in [0.4, 0.5) is 0 Å². The van der Waals surface area contributed by atoms with Crippen LogP contribution < -0.4 is 0 Å². The highest BCUT2D eigenvalue weighted by Crippen LogP contribution is 2.44. The summed E-state index contributed by atoms with van der Waals surface area (Å²) < 4.78 is 25.2. The van der Waals surface area contributed by atoms with Gasteiger partial charge in [-0.1, -0.05) is 38.3 Å². The smallest absolute Gasteiger partial charge is 0.305 e. The maximum Gasteiger partial charge on any atom is 0.305 e. The number of allylic oxidation sites excluding steroid dienone is 2. The first kappa shape index (κ1) is 35.8. The van der Waals surface area contributed by atoms with E-state index in [1.54, 1.807) is 0 Å². The Morgan fingerprint density at radius 1 is 0.816 bits per heavy atom. The minimum Gasteiger partial charge on any atom is -0.469 e. The molecule has 8 heteroatoms. The standard InChI is InChI=1S/C30H62O5Si3/c1-12-13-16-19-25(33-36(3,4)5)22-23-27-26(20-17-14-15-18-21-30(31)32-2)28(34-37(6,7)8)24-29(27)35-38(9,10)11/h14,17,25-29H,12-13,15-16,18-24H2,1-11H3/b17-14+. The molecule has 1 fully saturated rings. The Morgan fingerprint density at radius 2 is 1.42 bits per heavy atom. The number of hydrogen-bond acceptors (Lipinski definition) is 5. The molecule has 5 atom stereocenters. The molecule has 1 saturated carbocycles. The predicted octanol–water partition coefficient (Wildman–Crippen LogP) is 8.93. The zero-order valence-electron chi connectivity index (χ0n) is 26.9. The van der Waals surface area contributed by atoms with Crippen LogP contribution in [0.15, 0.2) is 12.2 Å². The molecular formula is C30H62O5Si3. The lowest BCUT2D eigenvalue weighted by Gasteiger charge is -2.33. The van der Waals surface area contributed by atoms with Gasteiger partial charge in [0.05, 0.1) is 19.3 Å². The van der Waals surface area contributed by atoms with E-state index in [0.717, 1.165) is 38.5 Å². The fourth-order valence-corrected chi connectivity index (χ4v) is 9.23. The third-order valence-electron chi connectivity index (χ3n) is 7.01. The Morgan fingerprint density at radius 3 is 1.95 bits per heavy atom. The second-order valence-electron chi connectivity index (χ2n) is 14.2. The van der Waals surface area contributed by atoms with Gasteiger partial charge < -0.3 is 18.0 Å². The summed E-state index contributed by atoms with van der Waals surface area (Å²) in [7, 11) is -3.54. The van der Waals surface area contributed by atoms with Gasteiger partial charge in [-0.25, -0.2) is 0 Å². The lowest BCUT2D eigenvalue weighted by Crippen LogP contribution is -2.36. The zero-order valence-corrected chi connectivity index (χ0v) is 29.9. The fraction of sp³-hybridized carbons (Fsp3) is 0.900. The highest BCUT2D eigenvalue weighted by molar-refractivity contribution is 6.70. The van der Waals surface area contributed by atoms with Gasteiger partial charge >= 0.3 is 5.97 Å². The number of hydrogen-bond donors (Lipinski definition) is 0. The van der Waals surface area contributed by atoms with Crippen LogP contribution in [0, 0.1) is 11.8 Å². The van der Waals surface area contributed by atoms with Crippen LogP contribution in [0.1, 0.15) is 77.6 Å². The van der Waals surface area contributed by atoms with Crippen LogP contribution in [-0.2, 0) is 22.8 Å². The molecule has 224 valence electrons. The molecule has 0 aliphatic heterocycles. The average molecular weight is 587 g/mol. The van der Waals surface area contributed by atoms with Crippen molar-refractivity contribution in [2.45, 2.75) is 155 Å². The van der Waals surface area contributed by atoms with Crippen molar-refractivity contribution in [3.8, 4) is 0 Å². The number of methoxy groups -OCH3 is 1. The Balaban J connectivity index is 3.07. The average Bonchev–Trinajstić information content (AvgIpc) is 3.05. The van der Waals surface area contributed by atoms with Crippen molar-refractivity contribution in [2.24, 2.45) is 11.8 Å². The van der Waals surface area contributed by atoms with E-state index in [-0.39, 0.29) is 18.2 Å². The van der Waals surface area contributed by atoms with Crippen molar-refractivity contribution >= 4 is 30.9 Å². The number of esters is 1. The quantitative estimate of drug-likeness (QED) is 0.0654. The second kappa shape index (κ2) is 16.9. The van der Waals surface area contributed by atoms with Gasteiger partial charge in [0.25, 0.3) is 0 Å². The Kier molecular flexibility index (Phi) is 15.9. The lowest BCUT2D eigenvalue weighted by atomic mass is 9.85. The molecule has 0 amide bonds. The van der Waals surface area contributed by atoms with Crippen molar-refractivity contribution in [3.05, 3.63) is 12.2 Å². The molecule has 0 aromatic heterocycles. The largest absolute Gasteiger partial charge is 0.469 e. The van der Waals surface area contributed by atoms with E-state index in [9.17, 15) is 4.79 Å². The van der Waals surface area contributed by atoms with Gasteiger partial charge in [-0.05, 0) is 116 Å². The van der Waals surface area contributed by atoms with Crippen LogP contribution in [0.25, 0.3) is 0 Å². The van der Waals surface area contributed by atoms with Crippen molar-refractivity contribution < 1.29 is 22.8 Å². The number of ether oxygens (including phenoxy) is 1. The Bertz CT molecular complexity index is 693. The van der Waals surface area contributed by atoms with Gasteiger partial charge in [0, 0.05) is 12.5 Å². The molecule has 0 radical (unpaired) electrons. The molecule has 0 heterocycles. The summed E-state index contributed by atoms with van der Waals surface area (Å²) in [6.07, 6.45) is 16.9. The molecule has 5 nitrogen and oxygen atoms in total. The number of unbranched alkanes of at least 4 members (excludes halogenated alkanes) is 3. The van der Waals surface area contributed by atoms with E-state index in [1.165, 1.54) is 32.8 Å². The van der Waals surface area contributed by atoms with Gasteiger partial charge in [0.15, 0.2) is 25.0 Å². The van der Waals surface area contributed by atoms with Crippen LogP contribution in [-0.4, -0.2) is 56.3 Å².